The maximum Gasteiger partial charge on any atom is 0.343 e. The van der Waals surface area contributed by atoms with Gasteiger partial charge in [0.25, 0.3) is 0 Å². The molecule has 0 spiro atoms. The quantitative estimate of drug-likeness (QED) is 0.235. The molecule has 2 aromatic rings. The van der Waals surface area contributed by atoms with Gasteiger partial charge in [-0.3, -0.25) is 0 Å². The molecule has 1 unspecified atom stereocenters. The summed E-state index contributed by atoms with van der Waals surface area (Å²) in [5.74, 6) is -5.02. The van der Waals surface area contributed by atoms with Crippen LogP contribution in [0.4, 0.5) is 17.6 Å². The Morgan fingerprint density at radius 1 is 0.970 bits per heavy atom. The van der Waals surface area contributed by atoms with Crippen molar-refractivity contribution >= 4 is 5.97 Å². The van der Waals surface area contributed by atoms with E-state index in [0.29, 0.717) is 5.92 Å². The summed E-state index contributed by atoms with van der Waals surface area (Å²) in [5.41, 5.74) is -0.215. The largest absolute Gasteiger partial charge is 0.491 e. The van der Waals surface area contributed by atoms with Crippen LogP contribution in [0.3, 0.4) is 0 Å². The zero-order valence-corrected chi connectivity index (χ0v) is 18.7. The fourth-order valence-corrected chi connectivity index (χ4v) is 3.93. The van der Waals surface area contributed by atoms with E-state index in [-0.39, 0.29) is 42.6 Å². The van der Waals surface area contributed by atoms with Crippen molar-refractivity contribution in [1.29, 1.82) is 0 Å². The third kappa shape index (κ3) is 6.39. The van der Waals surface area contributed by atoms with E-state index in [9.17, 15) is 22.4 Å². The van der Waals surface area contributed by atoms with E-state index in [4.69, 9.17) is 14.2 Å². The summed E-state index contributed by atoms with van der Waals surface area (Å²) in [6, 6.07) is 5.51. The topological polar surface area (TPSA) is 44.8 Å². The van der Waals surface area contributed by atoms with Crippen LogP contribution in [-0.4, -0.2) is 25.4 Å². The number of hydrogen-bond acceptors (Lipinski definition) is 4. The highest BCUT2D eigenvalue weighted by atomic mass is 19.2. The third-order valence-electron chi connectivity index (χ3n) is 5.90. The first-order valence-electron chi connectivity index (χ1n) is 11.2. The van der Waals surface area contributed by atoms with Crippen LogP contribution in [0.15, 0.2) is 30.3 Å². The van der Waals surface area contributed by atoms with Crippen LogP contribution < -0.4 is 14.2 Å². The smallest absolute Gasteiger partial charge is 0.343 e. The van der Waals surface area contributed by atoms with Crippen LogP contribution in [0.1, 0.15) is 56.3 Å². The number of alkyl halides is 1. The summed E-state index contributed by atoms with van der Waals surface area (Å²) < 4.78 is 72.0. The Balaban J connectivity index is 1.55. The van der Waals surface area contributed by atoms with Crippen molar-refractivity contribution in [2.24, 2.45) is 11.8 Å². The molecule has 0 saturated heterocycles. The second kappa shape index (κ2) is 11.4. The fraction of sp³-hybridized carbons (Fsp3) is 0.480. The summed E-state index contributed by atoms with van der Waals surface area (Å²) in [6.07, 6.45) is 2.90. The van der Waals surface area contributed by atoms with Gasteiger partial charge >= 0.3 is 5.97 Å². The summed E-state index contributed by atoms with van der Waals surface area (Å²) >= 11 is 0. The van der Waals surface area contributed by atoms with Gasteiger partial charge in [-0.2, -0.15) is 8.78 Å². The van der Waals surface area contributed by atoms with Gasteiger partial charge in [0.2, 0.25) is 11.6 Å². The molecule has 4 nitrogen and oxygen atoms in total. The van der Waals surface area contributed by atoms with E-state index in [1.54, 1.807) is 6.92 Å². The number of halogens is 4. The molecule has 1 fully saturated rings. The maximum atomic E-state index is 14.4. The molecule has 33 heavy (non-hydrogen) atoms. The van der Waals surface area contributed by atoms with Gasteiger partial charge in [0.15, 0.2) is 23.1 Å². The molecule has 1 atom stereocenters. The maximum absolute atomic E-state index is 14.4. The molecule has 0 radical (unpaired) electrons. The van der Waals surface area contributed by atoms with Crippen LogP contribution >= 0.6 is 0 Å². The second-order valence-corrected chi connectivity index (χ2v) is 8.33. The van der Waals surface area contributed by atoms with Crippen LogP contribution in [0, 0.1) is 29.3 Å². The van der Waals surface area contributed by atoms with Gasteiger partial charge in [-0.1, -0.05) is 19.8 Å². The molecule has 0 N–H and O–H groups in total. The molecule has 1 aliphatic rings. The number of ether oxygens (including phenoxy) is 3. The van der Waals surface area contributed by atoms with Gasteiger partial charge in [-0.25, -0.2) is 13.6 Å². The lowest BCUT2D eigenvalue weighted by atomic mass is 9.80. The lowest BCUT2D eigenvalue weighted by Crippen LogP contribution is -2.23. The molecule has 1 saturated carbocycles. The average molecular weight is 468 g/mol. The van der Waals surface area contributed by atoms with Gasteiger partial charge in [-0.15, -0.1) is 0 Å². The summed E-state index contributed by atoms with van der Waals surface area (Å²) in [7, 11) is 0. The predicted octanol–water partition coefficient (Wildman–Crippen LogP) is 6.66. The zero-order valence-electron chi connectivity index (χ0n) is 18.7. The minimum absolute atomic E-state index is 0.00456. The Morgan fingerprint density at radius 2 is 1.61 bits per heavy atom. The van der Waals surface area contributed by atoms with Crippen molar-refractivity contribution in [3.8, 4) is 17.2 Å². The Hall–Kier alpha value is -2.77. The monoisotopic (exact) mass is 468 g/mol. The highest BCUT2D eigenvalue weighted by Gasteiger charge is 2.26. The van der Waals surface area contributed by atoms with Crippen molar-refractivity contribution in [1.82, 2.24) is 0 Å². The van der Waals surface area contributed by atoms with Crippen molar-refractivity contribution < 1.29 is 36.6 Å². The van der Waals surface area contributed by atoms with Gasteiger partial charge in [-0.05, 0) is 61.9 Å². The average Bonchev–Trinajstić information content (AvgIpc) is 2.80. The number of rotatable bonds is 9. The van der Waals surface area contributed by atoms with E-state index in [2.05, 4.69) is 6.92 Å². The van der Waals surface area contributed by atoms with E-state index in [0.717, 1.165) is 43.9 Å². The molecule has 3 rings (SSSR count). The Bertz CT molecular complexity index is 958. The molecule has 0 bridgehead atoms. The van der Waals surface area contributed by atoms with Crippen molar-refractivity contribution in [3.63, 3.8) is 0 Å². The predicted molar refractivity (Wildman–Crippen MR) is 115 cm³/mol. The molecule has 0 aromatic heterocycles. The standard InChI is InChI=1S/C25H28F4O4/c1-3-31-21-10-11-22(24(29)23(21)28)33-25(30)17-8-9-20(19(27)14-17)32-13-12-18(26)16-6-4-15(2)5-7-16/h8-11,14-16,18H,3-7,12-13H2,1-2H3. The summed E-state index contributed by atoms with van der Waals surface area (Å²) in [4.78, 5) is 12.3. The molecule has 0 heterocycles. The number of carbonyl (C=O) groups excluding carboxylic acids is 1. The first-order valence-corrected chi connectivity index (χ1v) is 11.2. The number of hydrogen-bond donors (Lipinski definition) is 0. The van der Waals surface area contributed by atoms with Crippen LogP contribution in [0.2, 0.25) is 0 Å². The number of carbonyl (C=O) groups is 1. The molecule has 0 aliphatic heterocycles. The molecule has 2 aromatic carbocycles. The summed E-state index contributed by atoms with van der Waals surface area (Å²) in [6.45, 7) is 3.92. The Morgan fingerprint density at radius 3 is 2.27 bits per heavy atom. The van der Waals surface area contributed by atoms with Gasteiger partial charge in [0.05, 0.1) is 18.8 Å². The lowest BCUT2D eigenvalue weighted by molar-refractivity contribution is 0.0725. The van der Waals surface area contributed by atoms with E-state index >= 15 is 0 Å². The van der Waals surface area contributed by atoms with Crippen molar-refractivity contribution in [2.45, 2.75) is 52.1 Å². The van der Waals surface area contributed by atoms with Crippen LogP contribution in [0.25, 0.3) is 0 Å². The molecular formula is C25H28F4O4. The Kier molecular flexibility index (Phi) is 8.58. The highest BCUT2D eigenvalue weighted by Crippen LogP contribution is 2.33. The number of benzene rings is 2. The van der Waals surface area contributed by atoms with E-state index < -0.39 is 35.3 Å². The Labute approximate surface area is 190 Å². The van der Waals surface area contributed by atoms with E-state index in [1.807, 2.05) is 0 Å². The normalized spacial score (nSPS) is 19.1. The van der Waals surface area contributed by atoms with Gasteiger partial charge in [0, 0.05) is 6.42 Å². The van der Waals surface area contributed by atoms with Gasteiger partial charge < -0.3 is 14.2 Å². The van der Waals surface area contributed by atoms with Crippen LogP contribution in [0.5, 0.6) is 17.2 Å². The molecule has 1 aliphatic carbocycles. The van der Waals surface area contributed by atoms with E-state index in [1.165, 1.54) is 12.1 Å². The molecule has 8 heteroatoms. The SMILES string of the molecule is CCOc1ccc(OC(=O)c2ccc(OCCC(F)C3CCC(C)CC3)c(F)c2)c(F)c1F. The fourth-order valence-electron chi connectivity index (χ4n) is 3.93. The zero-order chi connectivity index (χ0) is 24.0. The summed E-state index contributed by atoms with van der Waals surface area (Å²) in [5, 5.41) is 0. The third-order valence-corrected chi connectivity index (χ3v) is 5.90. The molecule has 180 valence electrons. The molecule has 0 amide bonds. The highest BCUT2D eigenvalue weighted by molar-refractivity contribution is 5.91. The minimum atomic E-state index is -1.39. The lowest BCUT2D eigenvalue weighted by Gasteiger charge is -2.28. The minimum Gasteiger partial charge on any atom is -0.491 e. The van der Waals surface area contributed by atoms with Crippen molar-refractivity contribution in [2.75, 3.05) is 13.2 Å². The first-order chi connectivity index (χ1) is 15.8. The van der Waals surface area contributed by atoms with Crippen molar-refractivity contribution in [3.05, 3.63) is 53.3 Å². The number of esters is 1. The molecular weight excluding hydrogens is 440 g/mol. The van der Waals surface area contributed by atoms with Crippen LogP contribution in [-0.2, 0) is 0 Å². The second-order valence-electron chi connectivity index (χ2n) is 8.33. The van der Waals surface area contributed by atoms with Gasteiger partial charge in [0.1, 0.15) is 6.17 Å². The first kappa shape index (κ1) is 24.9.